The fourth-order valence-electron chi connectivity index (χ4n) is 2.98. The first kappa shape index (κ1) is 19.7. The lowest BCUT2D eigenvalue weighted by Crippen LogP contribution is -2.27. The summed E-state index contributed by atoms with van der Waals surface area (Å²) in [5, 5.41) is 11.5. The molecule has 4 aromatic rings. The predicted molar refractivity (Wildman–Crippen MR) is 112 cm³/mol. The van der Waals surface area contributed by atoms with Gasteiger partial charge in [0, 0.05) is 11.8 Å². The highest BCUT2D eigenvalue weighted by molar-refractivity contribution is 6.06. The molecule has 1 N–H and O–H groups in total. The molecule has 0 aliphatic heterocycles. The third-order valence-electron chi connectivity index (χ3n) is 4.39. The molecule has 8 heteroatoms. The van der Waals surface area contributed by atoms with Crippen molar-refractivity contribution in [3.05, 3.63) is 88.9 Å². The number of carbonyl (C=O) groups is 2. The average Bonchev–Trinajstić information content (AvgIpc) is 3.10. The number of oxazole rings is 1. The smallest absolute Gasteiger partial charge is 0.426 e. The van der Waals surface area contributed by atoms with Crippen LogP contribution < -0.4 is 15.8 Å². The second-order valence-electron chi connectivity index (χ2n) is 6.56. The van der Waals surface area contributed by atoms with Gasteiger partial charge in [0.1, 0.15) is 17.9 Å². The van der Waals surface area contributed by atoms with E-state index in [4.69, 9.17) is 14.4 Å². The zero-order valence-electron chi connectivity index (χ0n) is 16.1. The van der Waals surface area contributed by atoms with Crippen LogP contribution in [0.5, 0.6) is 11.5 Å². The number of nitriles is 1. The van der Waals surface area contributed by atoms with Gasteiger partial charge in [-0.3, -0.25) is 9.59 Å². The normalized spacial score (nSPS) is 10.4. The lowest BCUT2D eigenvalue weighted by molar-refractivity contribution is -0.115. The molecule has 0 aliphatic rings. The summed E-state index contributed by atoms with van der Waals surface area (Å²) in [6.07, 6.45) is -0.559. The molecule has 1 aromatic heterocycles. The number of amides is 1. The zero-order chi connectivity index (χ0) is 21.8. The first-order chi connectivity index (χ1) is 15.0. The number of nitrogens with one attached hydrogen (secondary N) is 1. The van der Waals surface area contributed by atoms with Crippen LogP contribution in [0.4, 0.5) is 5.69 Å². The Hall–Kier alpha value is -4.64. The molecular weight excluding hydrogens is 398 g/mol. The highest BCUT2D eigenvalue weighted by Crippen LogP contribution is 2.22. The van der Waals surface area contributed by atoms with Crippen LogP contribution in [0.1, 0.15) is 16.8 Å². The number of anilines is 1. The lowest BCUT2D eigenvalue weighted by atomic mass is 10.2. The van der Waals surface area contributed by atoms with Gasteiger partial charge in [0.2, 0.25) is 11.8 Å². The monoisotopic (exact) mass is 413 g/mol. The minimum atomic E-state index is -0.912. The molecule has 3 aromatic carbocycles. The number of hydrogen-bond acceptors (Lipinski definition) is 6. The van der Waals surface area contributed by atoms with Crippen LogP contribution >= 0.6 is 0 Å². The largest absolute Gasteiger partial charge is 0.457 e. The highest BCUT2D eigenvalue weighted by Gasteiger charge is 2.19. The van der Waals surface area contributed by atoms with Gasteiger partial charge in [0.15, 0.2) is 5.58 Å². The van der Waals surface area contributed by atoms with Crippen molar-refractivity contribution < 1.29 is 18.7 Å². The topological polar surface area (TPSA) is 114 Å². The van der Waals surface area contributed by atoms with Gasteiger partial charge in [0.25, 0.3) is 0 Å². The molecule has 0 saturated carbocycles. The van der Waals surface area contributed by atoms with E-state index in [0.717, 1.165) is 4.57 Å². The van der Waals surface area contributed by atoms with Crippen LogP contribution in [0.2, 0.25) is 0 Å². The standard InChI is InChI=1S/C23H15N3O5/c24-14-15-6-11-19-20(12-15)31-23(29)26(19)22(28)13-21(27)25-16-7-9-18(10-8-16)30-17-4-2-1-3-5-17/h1-12H,13H2,(H,25,27). The molecule has 0 radical (unpaired) electrons. The molecule has 0 unspecified atom stereocenters. The third kappa shape index (κ3) is 4.36. The molecule has 1 amide bonds. The molecule has 31 heavy (non-hydrogen) atoms. The van der Waals surface area contributed by atoms with E-state index in [1.165, 1.54) is 18.2 Å². The molecule has 0 spiro atoms. The quantitative estimate of drug-likeness (QED) is 0.496. The van der Waals surface area contributed by atoms with E-state index >= 15 is 0 Å². The van der Waals surface area contributed by atoms with Crippen LogP contribution in [0, 0.1) is 11.3 Å². The fraction of sp³-hybridized carbons (Fsp3) is 0.0435. The minimum Gasteiger partial charge on any atom is -0.457 e. The van der Waals surface area contributed by atoms with E-state index in [1.807, 2.05) is 36.4 Å². The number of ether oxygens (including phenoxy) is 1. The first-order valence-electron chi connectivity index (χ1n) is 9.25. The summed E-state index contributed by atoms with van der Waals surface area (Å²) in [5.41, 5.74) is 1.07. The Morgan fingerprint density at radius 3 is 2.42 bits per heavy atom. The van der Waals surface area contributed by atoms with Gasteiger partial charge in [-0.2, -0.15) is 5.26 Å². The zero-order valence-corrected chi connectivity index (χ0v) is 16.1. The van der Waals surface area contributed by atoms with Crippen LogP contribution in [0.3, 0.4) is 0 Å². The van der Waals surface area contributed by atoms with E-state index in [-0.39, 0.29) is 11.1 Å². The Balaban J connectivity index is 1.42. The second-order valence-corrected chi connectivity index (χ2v) is 6.56. The Morgan fingerprint density at radius 1 is 1.00 bits per heavy atom. The Bertz CT molecular complexity index is 1360. The van der Waals surface area contributed by atoms with Crippen molar-refractivity contribution in [3.8, 4) is 17.6 Å². The van der Waals surface area contributed by atoms with Crippen molar-refractivity contribution in [2.75, 3.05) is 5.32 Å². The Morgan fingerprint density at radius 2 is 1.71 bits per heavy atom. The van der Waals surface area contributed by atoms with Gasteiger partial charge in [-0.25, -0.2) is 9.36 Å². The van der Waals surface area contributed by atoms with Gasteiger partial charge in [0.05, 0.1) is 17.1 Å². The van der Waals surface area contributed by atoms with Crippen LogP contribution in [-0.4, -0.2) is 16.4 Å². The van der Waals surface area contributed by atoms with Crippen molar-refractivity contribution in [2.45, 2.75) is 6.42 Å². The van der Waals surface area contributed by atoms with Crippen molar-refractivity contribution in [3.63, 3.8) is 0 Å². The molecule has 8 nitrogen and oxygen atoms in total. The van der Waals surface area contributed by atoms with Crippen LogP contribution in [-0.2, 0) is 4.79 Å². The van der Waals surface area contributed by atoms with Crippen molar-refractivity contribution in [1.29, 1.82) is 5.26 Å². The number of nitrogens with zero attached hydrogens (tertiary/aromatic N) is 2. The highest BCUT2D eigenvalue weighted by atomic mass is 16.5. The fourth-order valence-corrected chi connectivity index (χ4v) is 2.98. The molecule has 0 atom stereocenters. The van der Waals surface area contributed by atoms with Gasteiger partial charge in [-0.05, 0) is 48.5 Å². The molecule has 152 valence electrons. The summed E-state index contributed by atoms with van der Waals surface area (Å²) < 4.78 is 11.5. The SMILES string of the molecule is N#Cc1ccc2c(c1)oc(=O)n2C(=O)CC(=O)Nc1ccc(Oc2ccccc2)cc1. The van der Waals surface area contributed by atoms with E-state index < -0.39 is 24.0 Å². The molecular formula is C23H15N3O5. The number of benzene rings is 3. The number of carbonyl (C=O) groups excluding carboxylic acids is 2. The van der Waals surface area contributed by atoms with Crippen molar-refractivity contribution in [1.82, 2.24) is 4.57 Å². The van der Waals surface area contributed by atoms with E-state index in [2.05, 4.69) is 5.32 Å². The summed E-state index contributed by atoms with van der Waals surface area (Å²) in [4.78, 5) is 36.9. The molecule has 0 aliphatic carbocycles. The lowest BCUT2D eigenvalue weighted by Gasteiger charge is -2.08. The summed E-state index contributed by atoms with van der Waals surface area (Å²) in [6.45, 7) is 0. The number of hydrogen-bond donors (Lipinski definition) is 1. The maximum Gasteiger partial charge on any atom is 0.426 e. The van der Waals surface area contributed by atoms with E-state index in [9.17, 15) is 14.4 Å². The molecule has 0 bridgehead atoms. The second kappa shape index (κ2) is 8.39. The van der Waals surface area contributed by atoms with E-state index in [0.29, 0.717) is 22.7 Å². The average molecular weight is 413 g/mol. The molecule has 1 heterocycles. The maximum absolute atomic E-state index is 12.5. The first-order valence-corrected chi connectivity index (χ1v) is 9.25. The number of fused-ring (bicyclic) bond motifs is 1. The summed E-state index contributed by atoms with van der Waals surface area (Å²) in [7, 11) is 0. The van der Waals surface area contributed by atoms with Crippen LogP contribution in [0.15, 0.2) is 82.0 Å². The number of aromatic nitrogens is 1. The summed E-state index contributed by atoms with van der Waals surface area (Å²) in [6, 6.07) is 22.1. The van der Waals surface area contributed by atoms with Gasteiger partial charge in [-0.1, -0.05) is 18.2 Å². The minimum absolute atomic E-state index is 0.104. The molecule has 4 rings (SSSR count). The van der Waals surface area contributed by atoms with Gasteiger partial charge < -0.3 is 14.5 Å². The Kier molecular flexibility index (Phi) is 5.32. The summed E-state index contributed by atoms with van der Waals surface area (Å²) >= 11 is 0. The van der Waals surface area contributed by atoms with Crippen molar-refractivity contribution >= 4 is 28.6 Å². The third-order valence-corrected chi connectivity index (χ3v) is 4.39. The number of para-hydroxylation sites is 1. The van der Waals surface area contributed by atoms with Crippen molar-refractivity contribution in [2.24, 2.45) is 0 Å². The van der Waals surface area contributed by atoms with Crippen LogP contribution in [0.25, 0.3) is 11.1 Å². The summed E-state index contributed by atoms with van der Waals surface area (Å²) in [5.74, 6) is -0.963. The molecule has 0 saturated heterocycles. The predicted octanol–water partition coefficient (Wildman–Crippen LogP) is 3.93. The van der Waals surface area contributed by atoms with E-state index in [1.54, 1.807) is 24.3 Å². The molecule has 0 fully saturated rings. The Labute approximate surface area is 175 Å². The number of rotatable bonds is 5. The maximum atomic E-state index is 12.5. The van der Waals surface area contributed by atoms with Gasteiger partial charge in [-0.15, -0.1) is 0 Å². The van der Waals surface area contributed by atoms with Gasteiger partial charge >= 0.3 is 5.76 Å².